The van der Waals surface area contributed by atoms with Gasteiger partial charge in [0.25, 0.3) is 0 Å². The number of hydrogen-bond donors (Lipinski definition) is 0. The highest BCUT2D eigenvalue weighted by atomic mass is 16.7. The zero-order valence-corrected chi connectivity index (χ0v) is 26.1. The average molecular weight is 587 g/mol. The molecule has 0 aliphatic carbocycles. The fraction of sp³-hybridized carbons (Fsp3) is 0.150. The van der Waals surface area contributed by atoms with E-state index in [0.717, 1.165) is 50.2 Å². The summed E-state index contributed by atoms with van der Waals surface area (Å²) in [6, 6.07) is 48.2. The minimum Gasteiger partial charge on any atom is -0.399 e. The van der Waals surface area contributed by atoms with Crippen molar-refractivity contribution in [3.63, 3.8) is 0 Å². The third-order valence-electron chi connectivity index (χ3n) is 8.91. The maximum absolute atomic E-state index is 6.55. The van der Waals surface area contributed by atoms with Crippen molar-refractivity contribution in [2.75, 3.05) is 0 Å². The van der Waals surface area contributed by atoms with Crippen molar-refractivity contribution in [1.82, 2.24) is 9.97 Å². The molecule has 0 bridgehead atoms. The summed E-state index contributed by atoms with van der Waals surface area (Å²) in [5.74, 6) is 0.647. The van der Waals surface area contributed by atoms with E-state index in [9.17, 15) is 0 Å². The summed E-state index contributed by atoms with van der Waals surface area (Å²) in [5, 5.41) is 0. The Hall–Kier alpha value is -4.84. The lowest BCUT2D eigenvalue weighted by molar-refractivity contribution is 0.00578. The first-order valence-corrected chi connectivity index (χ1v) is 15.4. The lowest BCUT2D eigenvalue weighted by Crippen LogP contribution is -2.41. The van der Waals surface area contributed by atoms with Gasteiger partial charge in [0.2, 0.25) is 0 Å². The maximum atomic E-state index is 6.55. The summed E-state index contributed by atoms with van der Waals surface area (Å²) < 4.78 is 13.1. The normalized spacial score (nSPS) is 15.2. The molecule has 5 heteroatoms. The molecular weight excluding hydrogens is 551 g/mol. The lowest BCUT2D eigenvalue weighted by atomic mass is 9.76. The van der Waals surface area contributed by atoms with Crippen molar-refractivity contribution in [1.29, 1.82) is 0 Å². The first-order valence-electron chi connectivity index (χ1n) is 15.4. The standard InChI is InChI=1S/C40H35BN2O2/c1-39(2)40(3,4)45-41(44-39)35-25-33(32-22-14-21-31(23-32)28-15-8-5-9-16-28)24-34(26-35)38-42-36(29-17-10-6-11-18-29)27-37(43-38)30-19-12-7-13-20-30/h5-27H,1-4H3. The predicted molar refractivity (Wildman–Crippen MR) is 185 cm³/mol. The number of hydrogen-bond acceptors (Lipinski definition) is 4. The average Bonchev–Trinajstić information content (AvgIpc) is 3.31. The highest BCUT2D eigenvalue weighted by Crippen LogP contribution is 2.38. The SMILES string of the molecule is CC1(C)OB(c2cc(-c3cccc(-c4ccccc4)c3)cc(-c3nc(-c4ccccc4)cc(-c4ccccc4)n3)c2)OC1(C)C. The van der Waals surface area contributed by atoms with Crippen molar-refractivity contribution in [2.45, 2.75) is 38.9 Å². The molecule has 0 spiro atoms. The van der Waals surface area contributed by atoms with Crippen LogP contribution in [-0.4, -0.2) is 28.3 Å². The summed E-state index contributed by atoms with van der Waals surface area (Å²) in [6.07, 6.45) is 0. The predicted octanol–water partition coefficient (Wildman–Crippen LogP) is 9.11. The molecule has 0 amide bonds. The Morgan fingerprint density at radius 2 is 0.844 bits per heavy atom. The second-order valence-electron chi connectivity index (χ2n) is 12.6. The molecule has 45 heavy (non-hydrogen) atoms. The molecule has 220 valence electrons. The van der Waals surface area contributed by atoms with E-state index in [-0.39, 0.29) is 0 Å². The van der Waals surface area contributed by atoms with Crippen molar-refractivity contribution in [3.8, 4) is 56.2 Å². The zero-order valence-electron chi connectivity index (χ0n) is 26.1. The monoisotopic (exact) mass is 586 g/mol. The molecule has 0 radical (unpaired) electrons. The molecule has 6 aromatic rings. The van der Waals surface area contributed by atoms with E-state index in [1.807, 2.05) is 42.5 Å². The van der Waals surface area contributed by atoms with Gasteiger partial charge in [-0.25, -0.2) is 9.97 Å². The largest absolute Gasteiger partial charge is 0.494 e. The molecule has 0 atom stereocenters. The topological polar surface area (TPSA) is 44.2 Å². The Kier molecular flexibility index (Phi) is 7.44. The Balaban J connectivity index is 1.41. The first kappa shape index (κ1) is 28.9. The Bertz CT molecular complexity index is 1880. The van der Waals surface area contributed by atoms with Gasteiger partial charge < -0.3 is 9.31 Å². The van der Waals surface area contributed by atoms with Crippen LogP contribution >= 0.6 is 0 Å². The van der Waals surface area contributed by atoms with Crippen LogP contribution in [0.15, 0.2) is 140 Å². The Labute approximate surface area is 265 Å². The summed E-state index contributed by atoms with van der Waals surface area (Å²) in [5.41, 5.74) is 9.18. The summed E-state index contributed by atoms with van der Waals surface area (Å²) in [4.78, 5) is 10.3. The van der Waals surface area contributed by atoms with E-state index in [2.05, 4.69) is 125 Å². The van der Waals surface area contributed by atoms with Crippen LogP contribution in [0.3, 0.4) is 0 Å². The van der Waals surface area contributed by atoms with Gasteiger partial charge in [-0.15, -0.1) is 0 Å². The second-order valence-corrected chi connectivity index (χ2v) is 12.6. The van der Waals surface area contributed by atoms with Crippen LogP contribution in [-0.2, 0) is 9.31 Å². The zero-order chi connectivity index (χ0) is 31.0. The van der Waals surface area contributed by atoms with Crippen LogP contribution < -0.4 is 5.46 Å². The molecular formula is C40H35BN2O2. The third kappa shape index (κ3) is 5.85. The lowest BCUT2D eigenvalue weighted by Gasteiger charge is -2.32. The molecule has 2 heterocycles. The van der Waals surface area contributed by atoms with Gasteiger partial charge in [-0.1, -0.05) is 121 Å². The molecule has 1 aliphatic rings. The third-order valence-corrected chi connectivity index (χ3v) is 8.91. The molecule has 1 saturated heterocycles. The van der Waals surface area contributed by atoms with Crippen LogP contribution in [0, 0.1) is 0 Å². The van der Waals surface area contributed by atoms with Crippen LogP contribution in [0.25, 0.3) is 56.2 Å². The van der Waals surface area contributed by atoms with Crippen LogP contribution in [0.4, 0.5) is 0 Å². The summed E-state index contributed by atoms with van der Waals surface area (Å²) >= 11 is 0. The minimum atomic E-state index is -0.531. The van der Waals surface area contributed by atoms with Crippen LogP contribution in [0.1, 0.15) is 27.7 Å². The van der Waals surface area contributed by atoms with Gasteiger partial charge in [-0.3, -0.25) is 0 Å². The van der Waals surface area contributed by atoms with E-state index in [4.69, 9.17) is 19.3 Å². The van der Waals surface area contributed by atoms with E-state index in [1.54, 1.807) is 0 Å². The fourth-order valence-electron chi connectivity index (χ4n) is 5.66. The van der Waals surface area contributed by atoms with Crippen molar-refractivity contribution in [2.24, 2.45) is 0 Å². The minimum absolute atomic E-state index is 0.467. The highest BCUT2D eigenvalue weighted by molar-refractivity contribution is 6.62. The number of benzene rings is 5. The van der Waals surface area contributed by atoms with Gasteiger partial charge in [0, 0.05) is 16.7 Å². The molecule has 1 fully saturated rings. The highest BCUT2D eigenvalue weighted by Gasteiger charge is 2.51. The van der Waals surface area contributed by atoms with Gasteiger partial charge in [0.15, 0.2) is 5.82 Å². The fourth-order valence-corrected chi connectivity index (χ4v) is 5.66. The summed E-state index contributed by atoms with van der Waals surface area (Å²) in [7, 11) is -0.531. The molecule has 0 N–H and O–H groups in total. The van der Waals surface area contributed by atoms with Crippen molar-refractivity contribution >= 4 is 12.6 Å². The van der Waals surface area contributed by atoms with E-state index < -0.39 is 18.3 Å². The smallest absolute Gasteiger partial charge is 0.399 e. The van der Waals surface area contributed by atoms with Gasteiger partial charge in [-0.2, -0.15) is 0 Å². The van der Waals surface area contributed by atoms with E-state index >= 15 is 0 Å². The molecule has 7 rings (SSSR count). The van der Waals surface area contributed by atoms with Crippen molar-refractivity contribution in [3.05, 3.63) is 140 Å². The molecule has 0 saturated carbocycles. The van der Waals surface area contributed by atoms with Crippen LogP contribution in [0.2, 0.25) is 0 Å². The van der Waals surface area contributed by atoms with Gasteiger partial charge in [-0.05, 0) is 73.6 Å². The van der Waals surface area contributed by atoms with Gasteiger partial charge in [0.1, 0.15) is 0 Å². The number of aromatic nitrogens is 2. The molecule has 1 aliphatic heterocycles. The van der Waals surface area contributed by atoms with E-state index in [1.165, 1.54) is 5.56 Å². The molecule has 1 aromatic heterocycles. The van der Waals surface area contributed by atoms with Gasteiger partial charge in [0.05, 0.1) is 22.6 Å². The number of nitrogens with zero attached hydrogens (tertiary/aromatic N) is 2. The second kappa shape index (κ2) is 11.6. The maximum Gasteiger partial charge on any atom is 0.494 e. The van der Waals surface area contributed by atoms with Gasteiger partial charge >= 0.3 is 7.12 Å². The molecule has 0 unspecified atom stereocenters. The first-order chi connectivity index (χ1) is 21.8. The van der Waals surface area contributed by atoms with Crippen molar-refractivity contribution < 1.29 is 9.31 Å². The summed E-state index contributed by atoms with van der Waals surface area (Å²) in [6.45, 7) is 8.33. The molecule has 4 nitrogen and oxygen atoms in total. The van der Waals surface area contributed by atoms with Crippen LogP contribution in [0.5, 0.6) is 0 Å². The Morgan fingerprint density at radius 3 is 1.38 bits per heavy atom. The molecule has 5 aromatic carbocycles. The quantitative estimate of drug-likeness (QED) is 0.183. The van der Waals surface area contributed by atoms with E-state index in [0.29, 0.717) is 5.82 Å². The number of rotatable bonds is 6. The Morgan fingerprint density at radius 1 is 0.422 bits per heavy atom.